The standard InChI is InChI=1S/C53H84O28/c1-71-32-11-21(3-7-26(32)56)5-9-38(60)73-19-36-42(64)45(67)48(70)52(79-36)81-50-46(68)43(65)37(20-74-39(61)10-6-22-4-8-27(57)33(12-22)72-2)80-53(50)77-34-17-25-30(75-49(34)23-13-28(58)40(62)29(59)14-23)15-24(55)16-31(25)76-51-47(69)44(66)41(63)35(18-54)78-51/h5-6,9-10,21-37,40-59,62-70H,3-4,7-8,11-20H2,1-2H3/p+1. The number of rotatable bonds is 18. The van der Waals surface area contributed by atoms with Crippen LogP contribution in [0.4, 0.5) is 0 Å². The van der Waals surface area contributed by atoms with Crippen molar-refractivity contribution in [3.8, 4) is 0 Å². The van der Waals surface area contributed by atoms with Crippen molar-refractivity contribution in [2.45, 2.75) is 236 Å². The van der Waals surface area contributed by atoms with Gasteiger partial charge in [-0.1, -0.05) is 12.2 Å². The number of aliphatic hydroxyl groups excluding tert-OH is 15. The summed E-state index contributed by atoms with van der Waals surface area (Å²) in [5, 5.41) is 163. The summed E-state index contributed by atoms with van der Waals surface area (Å²) < 4.78 is 63.8. The van der Waals surface area contributed by atoms with E-state index < -0.39 is 209 Å². The molecule has 16 N–H and O–H groups in total. The zero-order chi connectivity index (χ0) is 58.6. The van der Waals surface area contributed by atoms with Gasteiger partial charge in [-0.25, -0.2) is 9.59 Å². The van der Waals surface area contributed by atoms with Gasteiger partial charge in [-0.3, -0.25) is 0 Å². The fourth-order valence-electron chi connectivity index (χ4n) is 12.8. The largest absolute Gasteiger partial charge is 0.460 e. The highest BCUT2D eigenvalue weighted by atomic mass is 16.8. The van der Waals surface area contributed by atoms with Gasteiger partial charge in [-0.05, 0) is 69.6 Å². The van der Waals surface area contributed by atoms with Crippen molar-refractivity contribution < 1.29 is 138 Å². The van der Waals surface area contributed by atoms with Crippen LogP contribution in [0.3, 0.4) is 0 Å². The first kappa shape index (κ1) is 64.5. The average molecular weight is 1170 g/mol. The molecule has 0 aromatic heterocycles. The Kier molecular flexibility index (Phi) is 22.9. The van der Waals surface area contributed by atoms with Gasteiger partial charge in [0, 0.05) is 45.1 Å². The maximum Gasteiger partial charge on any atom is 0.330 e. The van der Waals surface area contributed by atoms with Gasteiger partial charge in [0.2, 0.25) is 0 Å². The van der Waals surface area contributed by atoms with Crippen molar-refractivity contribution in [2.24, 2.45) is 23.7 Å². The molecule has 8 rings (SSSR count). The Morgan fingerprint density at radius 2 is 0.963 bits per heavy atom. The molecule has 29 unspecified atom stereocenters. The van der Waals surface area contributed by atoms with Gasteiger partial charge in [-0.15, -0.1) is 0 Å². The maximum atomic E-state index is 13.2. The van der Waals surface area contributed by atoms with Gasteiger partial charge >= 0.3 is 11.9 Å². The van der Waals surface area contributed by atoms with Gasteiger partial charge in [0.25, 0.3) is 0 Å². The minimum absolute atomic E-state index is 0.0647. The van der Waals surface area contributed by atoms with Crippen molar-refractivity contribution >= 4 is 11.9 Å². The third-order valence-electron chi connectivity index (χ3n) is 17.7. The van der Waals surface area contributed by atoms with E-state index in [1.54, 1.807) is 12.2 Å². The molecule has 28 heteroatoms. The average Bonchev–Trinajstić information content (AvgIpc) is 3.60. The second kappa shape index (κ2) is 28.8. The van der Waals surface area contributed by atoms with E-state index in [9.17, 15) is 86.2 Å². The lowest BCUT2D eigenvalue weighted by Crippen LogP contribution is -2.66. The Morgan fingerprint density at radius 3 is 1.49 bits per heavy atom. The van der Waals surface area contributed by atoms with Crippen LogP contribution in [0.25, 0.3) is 0 Å². The number of fused-ring (bicyclic) bond motifs is 1. The van der Waals surface area contributed by atoms with Gasteiger partial charge < -0.3 is 129 Å². The molecule has 29 atom stereocenters. The number of carbonyl (C=O) groups is 2. The van der Waals surface area contributed by atoms with Crippen molar-refractivity contribution in [3.63, 3.8) is 0 Å². The van der Waals surface area contributed by atoms with E-state index in [2.05, 4.69) is 0 Å². The smallest absolute Gasteiger partial charge is 0.330 e. The summed E-state index contributed by atoms with van der Waals surface area (Å²) in [5.41, 5.74) is 0. The summed E-state index contributed by atoms with van der Waals surface area (Å²) in [6, 6.07) is 0. The highest BCUT2D eigenvalue weighted by molar-refractivity contribution is 5.82. The van der Waals surface area contributed by atoms with Gasteiger partial charge in [-0.2, -0.15) is 0 Å². The lowest BCUT2D eigenvalue weighted by Gasteiger charge is -2.51. The molecule has 28 nitrogen and oxygen atoms in total. The summed E-state index contributed by atoms with van der Waals surface area (Å²) in [4.78, 5) is 26.1. The lowest BCUT2D eigenvalue weighted by atomic mass is 9.72. The minimum atomic E-state index is -2.08. The van der Waals surface area contributed by atoms with Crippen molar-refractivity contribution in [2.75, 3.05) is 34.0 Å². The highest BCUT2D eigenvalue weighted by Gasteiger charge is 2.59. The van der Waals surface area contributed by atoms with Crippen molar-refractivity contribution in [3.05, 3.63) is 24.3 Å². The Balaban J connectivity index is 1.05. The van der Waals surface area contributed by atoms with Crippen LogP contribution in [0.15, 0.2) is 24.3 Å². The SMILES string of the molecule is COC1CC(C=CC(=O)OCC2OC(OC3C(OC4CC5C(OC6OC(CO)C(O)C(O)C6O)CC(O)CC5[OH+]C4C4CC(O)C(O)C(O)C4)OC(COC(=O)C=CC4CCC(O)C(OC)C4)C(O)C3O)C(O)C(O)C2O)CCC1O. The molecule has 4 aliphatic heterocycles. The molecule has 0 aromatic carbocycles. The van der Waals surface area contributed by atoms with Gasteiger partial charge in [0.15, 0.2) is 31.1 Å². The Morgan fingerprint density at radius 1 is 0.481 bits per heavy atom. The van der Waals surface area contributed by atoms with E-state index in [4.69, 9.17) is 52.1 Å². The molecule has 4 saturated heterocycles. The zero-order valence-electron chi connectivity index (χ0n) is 45.2. The van der Waals surface area contributed by atoms with Crippen LogP contribution in [0.1, 0.15) is 70.6 Å². The van der Waals surface area contributed by atoms with E-state index in [-0.39, 0.29) is 43.9 Å². The van der Waals surface area contributed by atoms with Crippen LogP contribution in [-0.2, 0) is 57.0 Å². The fraction of sp³-hybridized carbons (Fsp3) is 0.887. The summed E-state index contributed by atoms with van der Waals surface area (Å²) in [6.07, 6.45) is -30.8. The van der Waals surface area contributed by atoms with Crippen LogP contribution in [0, 0.1) is 23.7 Å². The number of carbonyl (C=O) groups excluding carboxylic acids is 2. The van der Waals surface area contributed by atoms with Crippen LogP contribution >= 0.6 is 0 Å². The zero-order valence-corrected chi connectivity index (χ0v) is 45.2. The second-order valence-electron chi connectivity index (χ2n) is 23.1. The number of methoxy groups -OCH3 is 2. The van der Waals surface area contributed by atoms with Crippen LogP contribution in [0.5, 0.6) is 0 Å². The number of hydrogen-bond acceptors (Lipinski definition) is 27. The quantitative estimate of drug-likeness (QED) is 0.0345. The predicted molar refractivity (Wildman–Crippen MR) is 268 cm³/mol. The topological polar surface area (TPSA) is 443 Å². The molecule has 4 heterocycles. The lowest BCUT2D eigenvalue weighted by molar-refractivity contribution is -0.390. The molecule has 4 aliphatic carbocycles. The molecule has 4 saturated carbocycles. The molecule has 0 radical (unpaired) electrons. The molecule has 0 bridgehead atoms. The third kappa shape index (κ3) is 15.4. The summed E-state index contributed by atoms with van der Waals surface area (Å²) >= 11 is 0. The molecule has 464 valence electrons. The van der Waals surface area contributed by atoms with E-state index in [1.807, 2.05) is 0 Å². The highest BCUT2D eigenvalue weighted by Crippen LogP contribution is 2.45. The number of esters is 2. The minimum Gasteiger partial charge on any atom is -0.460 e. The Bertz CT molecular complexity index is 2040. The fourth-order valence-corrected chi connectivity index (χ4v) is 12.8. The number of ether oxygens (including phenoxy) is 11. The molecule has 0 amide bonds. The first-order valence-electron chi connectivity index (χ1n) is 28.1. The normalized spacial score (nSPS) is 49.1. The Hall–Kier alpha value is -2.54. The molecule has 8 fully saturated rings. The van der Waals surface area contributed by atoms with E-state index >= 15 is 0 Å². The van der Waals surface area contributed by atoms with E-state index in [1.165, 1.54) is 20.3 Å². The molecule has 81 heavy (non-hydrogen) atoms. The van der Waals surface area contributed by atoms with Crippen LogP contribution < -0.4 is 0 Å². The van der Waals surface area contributed by atoms with Crippen LogP contribution in [0.2, 0.25) is 0 Å². The summed E-state index contributed by atoms with van der Waals surface area (Å²) in [6.45, 7) is -2.14. The Labute approximate surface area is 467 Å². The number of allylic oxidation sites excluding steroid dienone is 2. The molecule has 0 spiro atoms. The number of aliphatic hydroxyl groups is 17. The van der Waals surface area contributed by atoms with Gasteiger partial charge in [0.05, 0.1) is 61.4 Å². The first-order chi connectivity index (χ1) is 38.6. The van der Waals surface area contributed by atoms with Crippen molar-refractivity contribution in [1.82, 2.24) is 0 Å². The molecular formula is C53H85O28+. The molecule has 0 aromatic rings. The number of hydrogen-bond donors (Lipinski definition) is 15. The maximum absolute atomic E-state index is 13.2. The summed E-state index contributed by atoms with van der Waals surface area (Å²) in [5.74, 6) is -3.49. The van der Waals surface area contributed by atoms with E-state index in [0.29, 0.717) is 38.5 Å². The summed E-state index contributed by atoms with van der Waals surface area (Å²) in [7, 11) is 2.95. The third-order valence-corrected chi connectivity index (χ3v) is 17.7. The van der Waals surface area contributed by atoms with Crippen LogP contribution in [-0.4, -0.2) is 293 Å². The predicted octanol–water partition coefficient (Wildman–Crippen LogP) is -6.32. The van der Waals surface area contributed by atoms with Gasteiger partial charge in [0.1, 0.15) is 98.7 Å². The monoisotopic (exact) mass is 1170 g/mol. The van der Waals surface area contributed by atoms with E-state index in [0.717, 1.165) is 6.08 Å². The molecular weight excluding hydrogens is 1080 g/mol. The second-order valence-corrected chi connectivity index (χ2v) is 23.1. The first-order valence-corrected chi connectivity index (χ1v) is 28.1. The van der Waals surface area contributed by atoms with Crippen molar-refractivity contribution in [1.29, 1.82) is 0 Å². The molecule has 8 aliphatic rings.